The van der Waals surface area contributed by atoms with E-state index in [1.54, 1.807) is 6.07 Å². The number of nitrogens with zero attached hydrogens (tertiary/aromatic N) is 1. The molecule has 1 aromatic heterocycles. The first kappa shape index (κ1) is 16.1. The van der Waals surface area contributed by atoms with Gasteiger partial charge in [0.15, 0.2) is 5.76 Å². The molecule has 0 saturated carbocycles. The van der Waals surface area contributed by atoms with Crippen molar-refractivity contribution in [1.29, 1.82) is 0 Å². The van der Waals surface area contributed by atoms with Crippen LogP contribution in [0.25, 0.3) is 11.3 Å². The molecule has 3 aromatic rings. The molecule has 0 spiro atoms. The van der Waals surface area contributed by atoms with Gasteiger partial charge in [-0.3, -0.25) is 9.59 Å². The van der Waals surface area contributed by atoms with Crippen LogP contribution in [0.15, 0.2) is 65.2 Å². The first-order valence-corrected chi connectivity index (χ1v) is 8.38. The highest BCUT2D eigenvalue weighted by Crippen LogP contribution is 2.34. The number of carbonyl (C=O) groups excluding carboxylic acids is 2. The summed E-state index contributed by atoms with van der Waals surface area (Å²) in [5.41, 5.74) is 3.20. The van der Waals surface area contributed by atoms with Gasteiger partial charge in [0.05, 0.1) is 12.5 Å². The average molecular weight is 347 g/mol. The van der Waals surface area contributed by atoms with Crippen molar-refractivity contribution < 1.29 is 14.1 Å². The predicted octanol–water partition coefficient (Wildman–Crippen LogP) is 3.08. The first-order valence-electron chi connectivity index (χ1n) is 8.38. The molecule has 0 fully saturated rings. The van der Waals surface area contributed by atoms with Gasteiger partial charge in [0, 0.05) is 23.7 Å². The van der Waals surface area contributed by atoms with Crippen molar-refractivity contribution in [3.8, 4) is 11.3 Å². The van der Waals surface area contributed by atoms with Gasteiger partial charge in [0.2, 0.25) is 11.8 Å². The largest absolute Gasteiger partial charge is 0.356 e. The van der Waals surface area contributed by atoms with E-state index in [1.165, 1.54) is 0 Å². The number of carbonyl (C=O) groups is 2. The predicted molar refractivity (Wildman–Crippen MR) is 96.2 cm³/mol. The zero-order valence-corrected chi connectivity index (χ0v) is 13.9. The van der Waals surface area contributed by atoms with E-state index >= 15 is 0 Å². The Morgan fingerprint density at radius 2 is 1.88 bits per heavy atom. The molecule has 0 saturated heterocycles. The summed E-state index contributed by atoms with van der Waals surface area (Å²) in [4.78, 5) is 24.3. The summed E-state index contributed by atoms with van der Waals surface area (Å²) in [5.74, 6) is -0.150. The van der Waals surface area contributed by atoms with Crippen LogP contribution < -0.4 is 10.6 Å². The second kappa shape index (κ2) is 6.84. The standard InChI is InChI=1S/C20H17N3O3/c24-19(11-16-15-8-4-5-9-17(15)22-20(16)25)21-12-14-10-18(26-23-14)13-6-2-1-3-7-13/h1-10,16H,11-12H2,(H,21,24)(H,22,25). The van der Waals surface area contributed by atoms with Crippen molar-refractivity contribution in [2.75, 3.05) is 5.32 Å². The van der Waals surface area contributed by atoms with Crippen LogP contribution in [0.4, 0.5) is 5.69 Å². The van der Waals surface area contributed by atoms with Crippen molar-refractivity contribution in [3.05, 3.63) is 71.9 Å². The Bertz CT molecular complexity index is 950. The number of hydrogen-bond donors (Lipinski definition) is 2. The molecule has 0 aliphatic carbocycles. The van der Waals surface area contributed by atoms with Gasteiger partial charge in [0.1, 0.15) is 5.69 Å². The molecule has 0 radical (unpaired) electrons. The summed E-state index contributed by atoms with van der Waals surface area (Å²) in [6.07, 6.45) is 0.103. The second-order valence-electron chi connectivity index (χ2n) is 6.16. The van der Waals surface area contributed by atoms with E-state index in [1.807, 2.05) is 54.6 Å². The van der Waals surface area contributed by atoms with E-state index in [0.717, 1.165) is 16.8 Å². The molecule has 26 heavy (non-hydrogen) atoms. The normalized spacial score (nSPS) is 15.4. The molecule has 1 unspecified atom stereocenters. The number of fused-ring (bicyclic) bond motifs is 1. The molecular formula is C20H17N3O3. The van der Waals surface area contributed by atoms with Gasteiger partial charge in [0.25, 0.3) is 0 Å². The van der Waals surface area contributed by atoms with Gasteiger partial charge >= 0.3 is 0 Å². The Morgan fingerprint density at radius 1 is 1.12 bits per heavy atom. The molecule has 6 heteroatoms. The molecule has 1 atom stereocenters. The summed E-state index contributed by atoms with van der Waals surface area (Å²) >= 11 is 0. The van der Waals surface area contributed by atoms with E-state index < -0.39 is 5.92 Å². The summed E-state index contributed by atoms with van der Waals surface area (Å²) in [6.45, 7) is 0.255. The van der Waals surface area contributed by atoms with Crippen molar-refractivity contribution in [2.24, 2.45) is 0 Å². The molecule has 4 rings (SSSR count). The van der Waals surface area contributed by atoms with E-state index in [0.29, 0.717) is 11.5 Å². The van der Waals surface area contributed by atoms with E-state index in [2.05, 4.69) is 15.8 Å². The van der Waals surface area contributed by atoms with Gasteiger partial charge in [-0.05, 0) is 11.6 Å². The van der Waals surface area contributed by atoms with Crippen LogP contribution in [0.2, 0.25) is 0 Å². The van der Waals surface area contributed by atoms with E-state index in [-0.39, 0.29) is 24.8 Å². The molecule has 130 valence electrons. The fourth-order valence-corrected chi connectivity index (χ4v) is 3.06. The summed E-state index contributed by atoms with van der Waals surface area (Å²) in [6, 6.07) is 18.9. The molecular weight excluding hydrogens is 330 g/mol. The molecule has 1 aliphatic rings. The maximum atomic E-state index is 12.3. The van der Waals surface area contributed by atoms with Crippen LogP contribution in [-0.4, -0.2) is 17.0 Å². The van der Waals surface area contributed by atoms with Gasteiger partial charge in [-0.25, -0.2) is 0 Å². The number of benzene rings is 2. The van der Waals surface area contributed by atoms with E-state index in [4.69, 9.17) is 4.52 Å². The van der Waals surface area contributed by atoms with Crippen LogP contribution in [-0.2, 0) is 16.1 Å². The Morgan fingerprint density at radius 3 is 2.73 bits per heavy atom. The highest BCUT2D eigenvalue weighted by molar-refractivity contribution is 6.04. The van der Waals surface area contributed by atoms with Crippen molar-refractivity contribution in [2.45, 2.75) is 18.9 Å². The third-order valence-corrected chi connectivity index (χ3v) is 4.38. The van der Waals surface area contributed by atoms with Crippen LogP contribution in [0.5, 0.6) is 0 Å². The summed E-state index contributed by atoms with van der Waals surface area (Å²) < 4.78 is 5.31. The second-order valence-corrected chi connectivity index (χ2v) is 6.16. The highest BCUT2D eigenvalue weighted by atomic mass is 16.5. The molecule has 2 N–H and O–H groups in total. The molecule has 2 aromatic carbocycles. The van der Waals surface area contributed by atoms with Crippen LogP contribution in [0.1, 0.15) is 23.6 Å². The quantitative estimate of drug-likeness (QED) is 0.743. The lowest BCUT2D eigenvalue weighted by molar-refractivity contribution is -0.125. The number of anilines is 1. The smallest absolute Gasteiger partial charge is 0.232 e. The SMILES string of the molecule is O=C(CC1C(=O)Nc2ccccc21)NCc1cc(-c2ccccc2)on1. The van der Waals surface area contributed by atoms with Gasteiger partial charge in [-0.15, -0.1) is 0 Å². The molecule has 6 nitrogen and oxygen atoms in total. The lowest BCUT2D eigenvalue weighted by atomic mass is 9.97. The number of hydrogen-bond acceptors (Lipinski definition) is 4. The lowest BCUT2D eigenvalue weighted by Gasteiger charge is -2.08. The zero-order valence-electron chi connectivity index (χ0n) is 13.9. The van der Waals surface area contributed by atoms with E-state index in [9.17, 15) is 9.59 Å². The van der Waals surface area contributed by atoms with Gasteiger partial charge < -0.3 is 15.2 Å². The Balaban J connectivity index is 1.36. The third kappa shape index (κ3) is 3.21. The number of para-hydroxylation sites is 1. The van der Waals surface area contributed by atoms with Gasteiger partial charge in [-0.1, -0.05) is 53.7 Å². The molecule has 2 amide bonds. The zero-order chi connectivity index (χ0) is 17.9. The van der Waals surface area contributed by atoms with Crippen molar-refractivity contribution in [3.63, 3.8) is 0 Å². The maximum Gasteiger partial charge on any atom is 0.232 e. The Kier molecular flexibility index (Phi) is 4.23. The molecule has 0 bridgehead atoms. The third-order valence-electron chi connectivity index (χ3n) is 4.38. The number of rotatable bonds is 5. The van der Waals surface area contributed by atoms with Crippen molar-refractivity contribution >= 4 is 17.5 Å². The van der Waals surface area contributed by atoms with Crippen LogP contribution >= 0.6 is 0 Å². The topological polar surface area (TPSA) is 84.2 Å². The highest BCUT2D eigenvalue weighted by Gasteiger charge is 2.31. The summed E-state index contributed by atoms with van der Waals surface area (Å²) in [5, 5.41) is 9.58. The summed E-state index contributed by atoms with van der Waals surface area (Å²) in [7, 11) is 0. The van der Waals surface area contributed by atoms with Crippen molar-refractivity contribution in [1.82, 2.24) is 10.5 Å². The van der Waals surface area contributed by atoms with Crippen LogP contribution in [0, 0.1) is 0 Å². The maximum absolute atomic E-state index is 12.3. The minimum Gasteiger partial charge on any atom is -0.356 e. The Labute approximate surface area is 150 Å². The molecule has 1 aliphatic heterocycles. The monoisotopic (exact) mass is 347 g/mol. The minimum absolute atomic E-state index is 0.103. The number of aromatic nitrogens is 1. The average Bonchev–Trinajstić information content (AvgIpc) is 3.26. The van der Waals surface area contributed by atoms with Crippen LogP contribution in [0.3, 0.4) is 0 Å². The number of amides is 2. The number of nitrogens with one attached hydrogen (secondary N) is 2. The lowest BCUT2D eigenvalue weighted by Crippen LogP contribution is -2.26. The molecule has 2 heterocycles. The fourth-order valence-electron chi connectivity index (χ4n) is 3.06. The van der Waals surface area contributed by atoms with Gasteiger partial charge in [-0.2, -0.15) is 0 Å². The first-order chi connectivity index (χ1) is 12.7. The minimum atomic E-state index is -0.455. The fraction of sp³-hybridized carbons (Fsp3) is 0.150. The Hall–Kier alpha value is -3.41.